The minimum Gasteiger partial charge on any atom is -0.430 e. The molecule has 2 rings (SSSR count). The van der Waals surface area contributed by atoms with Crippen molar-refractivity contribution in [2.24, 2.45) is 5.92 Å². The summed E-state index contributed by atoms with van der Waals surface area (Å²) in [6.45, 7) is 0. The van der Waals surface area contributed by atoms with Gasteiger partial charge in [0.1, 0.15) is 5.76 Å². The Labute approximate surface area is 103 Å². The Morgan fingerprint density at radius 3 is 2.75 bits per heavy atom. The van der Waals surface area contributed by atoms with Gasteiger partial charge in [0.2, 0.25) is 0 Å². The number of halogens is 1. The topological polar surface area (TPSA) is 26.3 Å². The van der Waals surface area contributed by atoms with Gasteiger partial charge in [-0.1, -0.05) is 46.3 Å². The lowest BCUT2D eigenvalue weighted by Crippen LogP contribution is -2.08. The lowest BCUT2D eigenvalue weighted by molar-refractivity contribution is -0.139. The summed E-state index contributed by atoms with van der Waals surface area (Å²) in [5.41, 5.74) is 1.27. The molecule has 1 aromatic carbocycles. The molecule has 1 heterocycles. The zero-order chi connectivity index (χ0) is 11.4. The first-order valence-electron chi connectivity index (χ1n) is 5.34. The van der Waals surface area contributed by atoms with Crippen LogP contribution in [0.3, 0.4) is 0 Å². The number of cyclic esters (lactones) is 1. The molecular formula is C13H13BrO2. The van der Waals surface area contributed by atoms with E-state index in [1.807, 2.05) is 18.2 Å². The van der Waals surface area contributed by atoms with E-state index in [4.69, 9.17) is 4.74 Å². The monoisotopic (exact) mass is 280 g/mol. The van der Waals surface area contributed by atoms with Crippen molar-refractivity contribution >= 4 is 21.9 Å². The van der Waals surface area contributed by atoms with Crippen LogP contribution >= 0.6 is 15.9 Å². The molecule has 0 unspecified atom stereocenters. The van der Waals surface area contributed by atoms with Gasteiger partial charge in [0.25, 0.3) is 0 Å². The minimum atomic E-state index is -0.0957. The van der Waals surface area contributed by atoms with Crippen LogP contribution in [0.5, 0.6) is 0 Å². The van der Waals surface area contributed by atoms with E-state index in [0.29, 0.717) is 0 Å². The molecule has 16 heavy (non-hydrogen) atoms. The van der Waals surface area contributed by atoms with Crippen LogP contribution in [0.2, 0.25) is 0 Å². The fourth-order valence-corrected chi connectivity index (χ4v) is 2.13. The Hall–Kier alpha value is -1.09. The second-order valence-corrected chi connectivity index (χ2v) is 4.38. The number of aryl methyl sites for hydroxylation is 1. The Balaban J connectivity index is 1.90. The summed E-state index contributed by atoms with van der Waals surface area (Å²) in [6, 6.07) is 10.2. The lowest BCUT2D eigenvalue weighted by atomic mass is 9.98. The van der Waals surface area contributed by atoms with Gasteiger partial charge in [-0.25, -0.2) is 0 Å². The van der Waals surface area contributed by atoms with Gasteiger partial charge in [0.15, 0.2) is 0 Å². The third kappa shape index (κ3) is 2.73. The quantitative estimate of drug-likeness (QED) is 0.793. The van der Waals surface area contributed by atoms with Gasteiger partial charge in [-0.05, 0) is 18.4 Å². The molecule has 84 valence electrons. The number of hydrogen-bond acceptors (Lipinski definition) is 2. The number of esters is 1. The maximum atomic E-state index is 11.5. The molecule has 0 spiro atoms. The van der Waals surface area contributed by atoms with E-state index in [0.717, 1.165) is 25.0 Å². The first-order chi connectivity index (χ1) is 7.79. The Morgan fingerprint density at radius 2 is 2.12 bits per heavy atom. The third-order valence-electron chi connectivity index (χ3n) is 2.76. The van der Waals surface area contributed by atoms with Gasteiger partial charge < -0.3 is 4.74 Å². The summed E-state index contributed by atoms with van der Waals surface area (Å²) in [6.07, 6.45) is 2.50. The van der Waals surface area contributed by atoms with Crippen molar-refractivity contribution in [2.75, 3.05) is 0 Å². The highest BCUT2D eigenvalue weighted by Crippen LogP contribution is 2.28. The molecular weight excluding hydrogens is 268 g/mol. The molecule has 1 fully saturated rings. The van der Waals surface area contributed by atoms with Crippen molar-refractivity contribution in [1.82, 2.24) is 0 Å². The van der Waals surface area contributed by atoms with Crippen LogP contribution in [0.15, 0.2) is 41.1 Å². The molecule has 0 N–H and O–H groups in total. The van der Waals surface area contributed by atoms with E-state index in [2.05, 4.69) is 28.1 Å². The first kappa shape index (κ1) is 11.4. The van der Waals surface area contributed by atoms with Crippen molar-refractivity contribution in [3.8, 4) is 0 Å². The zero-order valence-electron chi connectivity index (χ0n) is 8.86. The summed E-state index contributed by atoms with van der Waals surface area (Å²) in [7, 11) is 0. The number of benzene rings is 1. The lowest BCUT2D eigenvalue weighted by Gasteiger charge is -2.04. The smallest absolute Gasteiger partial charge is 0.314 e. The van der Waals surface area contributed by atoms with Crippen LogP contribution in [-0.4, -0.2) is 5.97 Å². The molecule has 0 radical (unpaired) electrons. The zero-order valence-corrected chi connectivity index (χ0v) is 10.4. The van der Waals surface area contributed by atoms with Crippen molar-refractivity contribution in [2.45, 2.75) is 19.3 Å². The molecule has 1 saturated heterocycles. The average Bonchev–Trinajstić information content (AvgIpc) is 2.69. The van der Waals surface area contributed by atoms with E-state index in [9.17, 15) is 4.79 Å². The SMILES string of the molecule is O=C1O/C(=C/Br)C[C@H]1CCc1ccccc1. The van der Waals surface area contributed by atoms with Crippen molar-refractivity contribution in [1.29, 1.82) is 0 Å². The fraction of sp³-hybridized carbons (Fsp3) is 0.308. The van der Waals surface area contributed by atoms with Gasteiger partial charge >= 0.3 is 5.97 Å². The molecule has 1 aromatic rings. The molecule has 0 aliphatic carbocycles. The normalized spacial score (nSPS) is 22.4. The Morgan fingerprint density at radius 1 is 1.38 bits per heavy atom. The van der Waals surface area contributed by atoms with Gasteiger partial charge in [0.05, 0.1) is 5.92 Å². The van der Waals surface area contributed by atoms with Crippen LogP contribution in [0, 0.1) is 5.92 Å². The highest BCUT2D eigenvalue weighted by atomic mass is 79.9. The summed E-state index contributed by atoms with van der Waals surface area (Å²) >= 11 is 3.19. The molecule has 1 atom stereocenters. The summed E-state index contributed by atoms with van der Waals surface area (Å²) in [5, 5.41) is 0. The van der Waals surface area contributed by atoms with E-state index < -0.39 is 0 Å². The van der Waals surface area contributed by atoms with Gasteiger partial charge in [-0.15, -0.1) is 0 Å². The molecule has 0 amide bonds. The number of carbonyl (C=O) groups excluding carboxylic acids is 1. The predicted molar refractivity (Wildman–Crippen MR) is 66.0 cm³/mol. The molecule has 1 aliphatic rings. The highest BCUT2D eigenvalue weighted by molar-refractivity contribution is 9.11. The van der Waals surface area contributed by atoms with Crippen molar-refractivity contribution in [3.05, 3.63) is 46.6 Å². The third-order valence-corrected chi connectivity index (χ3v) is 3.27. The summed E-state index contributed by atoms with van der Waals surface area (Å²) in [5.74, 6) is 0.661. The molecule has 0 aromatic heterocycles. The van der Waals surface area contributed by atoms with Crippen LogP contribution < -0.4 is 0 Å². The standard InChI is InChI=1S/C13H13BrO2/c14-9-12-8-11(13(15)16-12)7-6-10-4-2-1-3-5-10/h1-5,9,11H,6-8H2/b12-9+/t11-/m1/s1. The molecule has 0 saturated carbocycles. The molecule has 1 aliphatic heterocycles. The molecule has 2 nitrogen and oxygen atoms in total. The van der Waals surface area contributed by atoms with E-state index in [1.54, 1.807) is 4.99 Å². The molecule has 3 heteroatoms. The van der Waals surface area contributed by atoms with Gasteiger partial charge in [-0.2, -0.15) is 0 Å². The average molecular weight is 281 g/mol. The Kier molecular flexibility index (Phi) is 3.78. The summed E-state index contributed by atoms with van der Waals surface area (Å²) < 4.78 is 5.09. The number of rotatable bonds is 3. The first-order valence-corrected chi connectivity index (χ1v) is 6.26. The largest absolute Gasteiger partial charge is 0.430 e. The van der Waals surface area contributed by atoms with Crippen LogP contribution in [0.25, 0.3) is 0 Å². The molecule has 0 bridgehead atoms. The van der Waals surface area contributed by atoms with Crippen LogP contribution in [0.4, 0.5) is 0 Å². The summed E-state index contributed by atoms with van der Waals surface area (Å²) in [4.78, 5) is 13.2. The maximum absolute atomic E-state index is 11.5. The number of allylic oxidation sites excluding steroid dienone is 1. The van der Waals surface area contributed by atoms with Crippen molar-refractivity contribution < 1.29 is 9.53 Å². The van der Waals surface area contributed by atoms with E-state index in [1.165, 1.54) is 5.56 Å². The van der Waals surface area contributed by atoms with Crippen LogP contribution in [0.1, 0.15) is 18.4 Å². The minimum absolute atomic E-state index is 0.0176. The number of ether oxygens (including phenoxy) is 1. The second-order valence-electron chi connectivity index (χ2n) is 3.92. The number of hydrogen-bond donors (Lipinski definition) is 0. The predicted octanol–water partition coefficient (Wildman–Crippen LogP) is 3.42. The van der Waals surface area contributed by atoms with Crippen LogP contribution in [-0.2, 0) is 16.0 Å². The van der Waals surface area contributed by atoms with Gasteiger partial charge in [0, 0.05) is 11.4 Å². The number of carbonyl (C=O) groups is 1. The second kappa shape index (κ2) is 5.30. The van der Waals surface area contributed by atoms with Crippen molar-refractivity contribution in [3.63, 3.8) is 0 Å². The van der Waals surface area contributed by atoms with E-state index >= 15 is 0 Å². The Bertz CT molecular complexity index is 398. The fourth-order valence-electron chi connectivity index (χ4n) is 1.85. The highest BCUT2D eigenvalue weighted by Gasteiger charge is 2.29. The maximum Gasteiger partial charge on any atom is 0.314 e. The van der Waals surface area contributed by atoms with Gasteiger partial charge in [-0.3, -0.25) is 4.79 Å². The van der Waals surface area contributed by atoms with E-state index in [-0.39, 0.29) is 11.9 Å².